The minimum atomic E-state index is -1.02. The predicted octanol–water partition coefficient (Wildman–Crippen LogP) is 2.73. The summed E-state index contributed by atoms with van der Waals surface area (Å²) in [7, 11) is 0. The van der Waals surface area contributed by atoms with E-state index in [1.807, 2.05) is 10.9 Å². The maximum atomic E-state index is 11.6. The molecule has 1 aliphatic heterocycles. The van der Waals surface area contributed by atoms with Crippen LogP contribution in [0.2, 0.25) is 0 Å². The van der Waals surface area contributed by atoms with Gasteiger partial charge in [-0.1, -0.05) is 0 Å². The molecule has 25 heavy (non-hydrogen) atoms. The normalized spacial score (nSPS) is 31.4. The van der Waals surface area contributed by atoms with Crippen molar-refractivity contribution in [1.82, 2.24) is 14.8 Å². The van der Waals surface area contributed by atoms with Crippen molar-refractivity contribution in [3.05, 3.63) is 17.8 Å². The summed E-state index contributed by atoms with van der Waals surface area (Å²) in [4.78, 5) is 16.0. The van der Waals surface area contributed by atoms with E-state index >= 15 is 0 Å². The Morgan fingerprint density at radius 2 is 2.28 bits per heavy atom. The first kappa shape index (κ1) is 15.1. The Hall–Kier alpha value is -2.15. The number of hydrogen-bond acceptors (Lipinski definition) is 5. The van der Waals surface area contributed by atoms with Gasteiger partial charge in [-0.2, -0.15) is 10.1 Å². The molecule has 0 amide bonds. The minimum absolute atomic E-state index is 0.0592. The van der Waals surface area contributed by atoms with Crippen molar-refractivity contribution in [1.29, 1.82) is 0 Å². The van der Waals surface area contributed by atoms with Crippen LogP contribution in [-0.2, 0) is 10.3 Å². The number of rotatable bonds is 4. The third-order valence-electron chi connectivity index (χ3n) is 6.02. The fraction of sp³-hybridized carbons (Fsp3) is 0.611. The zero-order chi connectivity index (χ0) is 17.2. The lowest BCUT2D eigenvalue weighted by atomic mass is 9.96. The van der Waals surface area contributed by atoms with E-state index < -0.39 is 5.97 Å². The Morgan fingerprint density at radius 3 is 2.84 bits per heavy atom. The maximum Gasteiger partial charge on any atom is 0.341 e. The Kier molecular flexibility index (Phi) is 2.99. The summed E-state index contributed by atoms with van der Waals surface area (Å²) in [6, 6.07) is 1.63. The van der Waals surface area contributed by atoms with Gasteiger partial charge in [0, 0.05) is 18.0 Å². The number of carboxylic acid groups (broad SMARTS) is 1. The molecule has 2 aromatic heterocycles. The molecule has 2 bridgehead atoms. The van der Waals surface area contributed by atoms with Gasteiger partial charge in [-0.15, -0.1) is 0 Å². The second-order valence-electron chi connectivity index (χ2n) is 7.94. The molecule has 132 valence electrons. The maximum absolute atomic E-state index is 11.6. The van der Waals surface area contributed by atoms with Crippen LogP contribution in [0.25, 0.3) is 11.0 Å². The molecular formula is C18H21N3O4. The molecule has 0 spiro atoms. The second-order valence-corrected chi connectivity index (χ2v) is 7.94. The lowest BCUT2D eigenvalue weighted by molar-refractivity contribution is -0.0149. The van der Waals surface area contributed by atoms with E-state index in [1.165, 1.54) is 0 Å². The van der Waals surface area contributed by atoms with Gasteiger partial charge < -0.3 is 14.6 Å². The standard InChI is InChI=1S/C18H21N3O4/c1-17-5-6-18(9-17,10-24-17)21-8-11-7-13(16(22)23)15(19-14(11)20-21)25-12-3-2-4-12/h7-8,12H,2-6,9-10H2,1H3,(H,22,23). The fourth-order valence-electron chi connectivity index (χ4n) is 4.26. The third kappa shape index (κ3) is 2.25. The van der Waals surface area contributed by atoms with Crippen molar-refractivity contribution in [2.75, 3.05) is 6.61 Å². The van der Waals surface area contributed by atoms with Crippen molar-refractivity contribution in [2.24, 2.45) is 0 Å². The van der Waals surface area contributed by atoms with Gasteiger partial charge in [0.2, 0.25) is 5.88 Å². The van der Waals surface area contributed by atoms with E-state index in [1.54, 1.807) is 6.07 Å². The van der Waals surface area contributed by atoms with Crippen LogP contribution in [-0.4, -0.2) is 44.2 Å². The Bertz CT molecular complexity index is 863. The summed E-state index contributed by atoms with van der Waals surface area (Å²) in [5.41, 5.74) is 0.453. The monoisotopic (exact) mass is 343 g/mol. The number of nitrogens with zero attached hydrogens (tertiary/aromatic N) is 3. The first-order valence-electron chi connectivity index (χ1n) is 8.91. The van der Waals surface area contributed by atoms with Gasteiger partial charge in [0.1, 0.15) is 11.7 Å². The average molecular weight is 343 g/mol. The van der Waals surface area contributed by atoms with Gasteiger partial charge in [0.15, 0.2) is 5.65 Å². The van der Waals surface area contributed by atoms with Crippen LogP contribution >= 0.6 is 0 Å². The van der Waals surface area contributed by atoms with E-state index in [0.29, 0.717) is 12.3 Å². The molecular weight excluding hydrogens is 322 g/mol. The number of fused-ring (bicyclic) bond motifs is 3. The molecule has 7 nitrogen and oxygen atoms in total. The van der Waals surface area contributed by atoms with Crippen LogP contribution in [0.1, 0.15) is 55.8 Å². The smallest absolute Gasteiger partial charge is 0.341 e. The predicted molar refractivity (Wildman–Crippen MR) is 88.9 cm³/mol. The summed E-state index contributed by atoms with van der Waals surface area (Å²) in [5.74, 6) is -0.835. The van der Waals surface area contributed by atoms with Crippen molar-refractivity contribution >= 4 is 17.0 Å². The highest BCUT2D eigenvalue weighted by Gasteiger charge is 2.54. The van der Waals surface area contributed by atoms with Crippen LogP contribution in [0.5, 0.6) is 5.88 Å². The van der Waals surface area contributed by atoms with E-state index in [0.717, 1.165) is 43.9 Å². The van der Waals surface area contributed by atoms with E-state index in [4.69, 9.17) is 9.47 Å². The first-order chi connectivity index (χ1) is 12.0. The van der Waals surface area contributed by atoms with Gasteiger partial charge >= 0.3 is 5.97 Å². The zero-order valence-corrected chi connectivity index (χ0v) is 14.2. The zero-order valence-electron chi connectivity index (χ0n) is 14.2. The Balaban J connectivity index is 1.56. The highest BCUT2D eigenvalue weighted by atomic mass is 16.5. The summed E-state index contributed by atoms with van der Waals surface area (Å²) in [5, 5.41) is 14.9. The first-order valence-corrected chi connectivity index (χ1v) is 8.91. The lowest BCUT2D eigenvalue weighted by Crippen LogP contribution is -2.33. The number of aromatic carboxylic acids is 1. The van der Waals surface area contributed by atoms with Gasteiger partial charge in [0.05, 0.1) is 17.7 Å². The Morgan fingerprint density at radius 1 is 1.44 bits per heavy atom. The van der Waals surface area contributed by atoms with Crippen molar-refractivity contribution in [3.8, 4) is 5.88 Å². The average Bonchev–Trinajstić information content (AvgIpc) is 3.19. The van der Waals surface area contributed by atoms with Crippen molar-refractivity contribution in [2.45, 2.75) is 62.7 Å². The molecule has 2 saturated carbocycles. The van der Waals surface area contributed by atoms with E-state index in [9.17, 15) is 9.90 Å². The van der Waals surface area contributed by atoms with Gasteiger partial charge in [-0.3, -0.25) is 4.68 Å². The molecule has 0 aromatic carbocycles. The molecule has 2 unspecified atom stereocenters. The molecule has 3 aliphatic rings. The topological polar surface area (TPSA) is 86.5 Å². The second kappa shape index (κ2) is 4.94. The molecule has 2 aliphatic carbocycles. The summed E-state index contributed by atoms with van der Waals surface area (Å²) >= 11 is 0. The summed E-state index contributed by atoms with van der Waals surface area (Å²) in [6.45, 7) is 2.80. The molecule has 1 saturated heterocycles. The number of pyridine rings is 1. The van der Waals surface area contributed by atoms with Gasteiger partial charge in [0.25, 0.3) is 0 Å². The third-order valence-corrected chi connectivity index (χ3v) is 6.02. The highest BCUT2D eigenvalue weighted by molar-refractivity contribution is 5.94. The largest absolute Gasteiger partial charge is 0.477 e. The molecule has 1 N–H and O–H groups in total. The number of hydrogen-bond donors (Lipinski definition) is 1. The van der Waals surface area contributed by atoms with Crippen LogP contribution in [0, 0.1) is 0 Å². The number of ether oxygens (including phenoxy) is 2. The van der Waals surface area contributed by atoms with E-state index in [-0.39, 0.29) is 28.7 Å². The van der Waals surface area contributed by atoms with Crippen LogP contribution in [0.4, 0.5) is 0 Å². The van der Waals surface area contributed by atoms with Crippen LogP contribution in [0.3, 0.4) is 0 Å². The van der Waals surface area contributed by atoms with Crippen LogP contribution < -0.4 is 4.74 Å². The summed E-state index contributed by atoms with van der Waals surface area (Å²) < 4.78 is 13.7. The molecule has 3 fully saturated rings. The minimum Gasteiger partial charge on any atom is -0.477 e. The van der Waals surface area contributed by atoms with Crippen molar-refractivity contribution in [3.63, 3.8) is 0 Å². The quantitative estimate of drug-likeness (QED) is 0.918. The number of carbonyl (C=O) groups is 1. The molecule has 2 aromatic rings. The van der Waals surface area contributed by atoms with Gasteiger partial charge in [-0.05, 0) is 45.1 Å². The van der Waals surface area contributed by atoms with Crippen molar-refractivity contribution < 1.29 is 19.4 Å². The number of aromatic nitrogens is 3. The van der Waals surface area contributed by atoms with Crippen LogP contribution in [0.15, 0.2) is 12.3 Å². The highest BCUT2D eigenvalue weighted by Crippen LogP contribution is 2.51. The molecule has 5 rings (SSSR count). The van der Waals surface area contributed by atoms with Gasteiger partial charge in [-0.25, -0.2) is 4.79 Å². The molecule has 2 atom stereocenters. The lowest BCUT2D eigenvalue weighted by Gasteiger charge is -2.26. The molecule has 0 radical (unpaired) electrons. The van der Waals surface area contributed by atoms with E-state index in [2.05, 4.69) is 17.0 Å². The molecule has 7 heteroatoms. The summed E-state index contributed by atoms with van der Waals surface area (Å²) in [6.07, 6.45) is 7.97. The Labute approximate surface area is 144 Å². The SMILES string of the molecule is CC12CCC(n3cc4cc(C(=O)O)c(OC5CCC5)nc4n3)(CO1)C2. The molecule has 3 heterocycles. The number of carboxylic acids is 1. The fourth-order valence-corrected chi connectivity index (χ4v) is 4.26.